The molecule has 2 aliphatic heterocycles. The second kappa shape index (κ2) is 76.7. The highest BCUT2D eigenvalue weighted by molar-refractivity contribution is 5.81. The average Bonchev–Trinajstić information content (AvgIpc) is 1.40. The number of aliphatic hydroxyl groups is 22. The van der Waals surface area contributed by atoms with Crippen molar-refractivity contribution in [2.24, 2.45) is 40.9 Å². The van der Waals surface area contributed by atoms with E-state index in [4.69, 9.17) is 24.4 Å². The van der Waals surface area contributed by atoms with Gasteiger partial charge >= 0.3 is 0 Å². The highest BCUT2D eigenvalue weighted by Gasteiger charge is 2.47. The third-order valence-electron chi connectivity index (χ3n) is 22.6. The number of ether oxygens (including phenoxy) is 3. The SMILES string of the molecule is CC(=O)C1OC(n2cc(CCCCCCC(C)C)nn2)C(O)C(O)C1O.CC(C)(C)CCNCC(O)C(O)C(O)C(O)C(O)CO.CCC(O)C(O)C(O)CCNCCC(C)C.CCC(O)C(O)C(O)CNCCC(C)C.CCC(O)C(O)CCCCCC(C)C.CCC(O)C(O)CNCCC(C)C.COC1OC(Cn2cc(CCCCCCC(C)C)nn2)C(O)C(O)C1O. The average molecular weight is 1880 g/mol. The first-order valence-electron chi connectivity index (χ1n) is 48.8. The number of carbonyl (C=O) groups is 1. The van der Waals surface area contributed by atoms with Crippen LogP contribution in [0.2, 0.25) is 0 Å². The summed E-state index contributed by atoms with van der Waals surface area (Å²) in [6, 6.07) is 0. The number of nitrogens with one attached hydrogen (secondary N) is 4. The predicted molar refractivity (Wildman–Crippen MR) is 504 cm³/mol. The van der Waals surface area contributed by atoms with Crippen LogP contribution in [0.3, 0.4) is 0 Å². The molecule has 130 heavy (non-hydrogen) atoms. The third-order valence-corrected chi connectivity index (χ3v) is 22.6. The lowest BCUT2D eigenvalue weighted by molar-refractivity contribution is -0.292. The molecule has 0 aromatic carbocycles. The Morgan fingerprint density at radius 1 is 0.400 bits per heavy atom. The number of aryl methyl sites for hydroxylation is 2. The third kappa shape index (κ3) is 62.6. The molecule has 36 nitrogen and oxygen atoms in total. The van der Waals surface area contributed by atoms with Gasteiger partial charge in [0.2, 0.25) is 0 Å². The number of hydrogen-bond donors (Lipinski definition) is 26. The van der Waals surface area contributed by atoms with Crippen molar-refractivity contribution in [3.05, 3.63) is 23.8 Å². The summed E-state index contributed by atoms with van der Waals surface area (Å²) in [6.45, 7) is 45.5. The standard InChI is InChI=1S/C18H33N3O5.C18H31N3O5.C13H29NO6.C12H27NO3.C12H26O2.C11H25NO3.C10H23NO2/c1-12(2)8-6-4-5-7-9-13-10-21(20-19-13)11-14-15(22)16(23)17(24)18(25-3)26-14;1-11(2)8-6-4-5-7-9-13-10-21(20-19-13)18-16(25)14(23)15(24)17(26-18)12(3)22;1-13(2,3)4-5-14-6-8(16)10(18)12(20)11(19)9(17)7-15;1-4-10(14)12(16)11(15)6-8-13-7-5-9(2)3;1-4-11(13)12(14)9-7-5-6-8-10(2)3;1-4-9(13)11(15)10(14)7-12-6-5-8(2)3;1-4-9(12)10(13)7-11-6-5-8(2)3/h10,12,14-18,22-24H,4-9,11H2,1-3H3;10-11,14-18,23-25H,4-9H2,1-3H3;8-12,14-20H,4-7H2,1-3H3;9-16H,4-8H2,1-3H3;10-14H,4-9H2,1-3H3;8-15H,4-7H2,1-3H3;8-13H,4-7H2,1-3H3. The molecule has 2 aliphatic rings. The van der Waals surface area contributed by atoms with Gasteiger partial charge in [-0.3, -0.25) is 4.79 Å². The van der Waals surface area contributed by atoms with Gasteiger partial charge in [0.05, 0.1) is 85.7 Å². The van der Waals surface area contributed by atoms with E-state index in [0.29, 0.717) is 76.0 Å². The first kappa shape index (κ1) is 131. The number of carbonyl (C=O) groups excluding carboxylic acids is 1. The fourth-order valence-electron chi connectivity index (χ4n) is 13.3. The molecule has 0 spiro atoms. The summed E-state index contributed by atoms with van der Waals surface area (Å²) in [7, 11) is 1.38. The van der Waals surface area contributed by atoms with E-state index < -0.39 is 165 Å². The van der Waals surface area contributed by atoms with Gasteiger partial charge in [-0.15, -0.1) is 10.2 Å². The smallest absolute Gasteiger partial charge is 0.186 e. The first-order chi connectivity index (χ1) is 60.9. The van der Waals surface area contributed by atoms with E-state index in [-0.39, 0.29) is 18.5 Å². The molecule has 2 aromatic heterocycles. The molecular weight excluding hydrogens is 1690 g/mol. The van der Waals surface area contributed by atoms with Crippen LogP contribution in [0.1, 0.15) is 310 Å². The van der Waals surface area contributed by atoms with Crippen LogP contribution in [-0.4, -0.2) is 361 Å². The number of Topliss-reactive ketones (excluding diaryl/α,β-unsaturated/α-hetero) is 1. The zero-order chi connectivity index (χ0) is 99.9. The van der Waals surface area contributed by atoms with Crippen LogP contribution in [0, 0.1) is 40.9 Å². The maximum atomic E-state index is 11.6. The number of ketones is 1. The highest BCUT2D eigenvalue weighted by Crippen LogP contribution is 2.30. The fourth-order valence-corrected chi connectivity index (χ4v) is 13.3. The van der Waals surface area contributed by atoms with Crippen molar-refractivity contribution in [3.63, 3.8) is 0 Å². The van der Waals surface area contributed by atoms with E-state index in [1.807, 2.05) is 20.0 Å². The van der Waals surface area contributed by atoms with Crippen molar-refractivity contribution in [1.82, 2.24) is 51.3 Å². The minimum Gasteiger partial charge on any atom is -0.394 e. The largest absolute Gasteiger partial charge is 0.394 e. The Hall–Kier alpha value is -3.21. The lowest BCUT2D eigenvalue weighted by Crippen LogP contribution is -2.58. The lowest BCUT2D eigenvalue weighted by Gasteiger charge is -2.39. The molecule has 4 rings (SSSR count). The Balaban J connectivity index is -0.00000147. The molecule has 2 aromatic rings. The van der Waals surface area contributed by atoms with Crippen molar-refractivity contribution in [2.75, 3.05) is 66.1 Å². The van der Waals surface area contributed by atoms with Gasteiger partial charge in [-0.2, -0.15) is 0 Å². The quantitative estimate of drug-likeness (QED) is 0.0419. The van der Waals surface area contributed by atoms with Crippen LogP contribution in [0.25, 0.3) is 0 Å². The van der Waals surface area contributed by atoms with Crippen LogP contribution < -0.4 is 21.3 Å². The monoisotopic (exact) mass is 1880 g/mol. The Labute approximate surface area is 780 Å². The Morgan fingerprint density at radius 2 is 0.785 bits per heavy atom. The molecule has 25 atom stereocenters. The summed E-state index contributed by atoms with van der Waals surface area (Å²) < 4.78 is 18.9. The van der Waals surface area contributed by atoms with Crippen LogP contribution in [0.4, 0.5) is 0 Å². The van der Waals surface area contributed by atoms with Gasteiger partial charge in [-0.05, 0) is 170 Å². The Morgan fingerprint density at radius 3 is 1.23 bits per heavy atom. The van der Waals surface area contributed by atoms with E-state index in [1.54, 1.807) is 24.7 Å². The zero-order valence-corrected chi connectivity index (χ0v) is 83.7. The second-order valence-corrected chi connectivity index (χ2v) is 39.1. The van der Waals surface area contributed by atoms with Crippen molar-refractivity contribution in [2.45, 2.75) is 465 Å². The van der Waals surface area contributed by atoms with Crippen molar-refractivity contribution >= 4 is 5.78 Å². The molecule has 25 unspecified atom stereocenters. The Kier molecular flexibility index (Phi) is 77.3. The maximum Gasteiger partial charge on any atom is 0.186 e. The number of methoxy groups -OCH3 is 1. The van der Waals surface area contributed by atoms with Crippen LogP contribution in [0.5, 0.6) is 0 Å². The number of unbranched alkanes of at least 4 members (excludes halogenated alkanes) is 8. The van der Waals surface area contributed by atoms with E-state index in [1.165, 1.54) is 82.9 Å². The topological polar surface area (TPSA) is 599 Å². The van der Waals surface area contributed by atoms with Gasteiger partial charge in [0, 0.05) is 32.9 Å². The van der Waals surface area contributed by atoms with E-state index in [2.05, 4.69) is 146 Å². The second-order valence-electron chi connectivity index (χ2n) is 39.1. The molecule has 0 radical (unpaired) electrons. The van der Waals surface area contributed by atoms with E-state index in [9.17, 15) is 107 Å². The molecule has 0 saturated carbocycles. The normalized spacial score (nSPS) is 22.4. The van der Waals surface area contributed by atoms with Crippen LogP contribution in [-0.2, 0) is 38.4 Å². The molecule has 36 heteroatoms. The van der Waals surface area contributed by atoms with Gasteiger partial charge in [0.25, 0.3) is 0 Å². The summed E-state index contributed by atoms with van der Waals surface area (Å²) in [5, 5.41) is 239. The van der Waals surface area contributed by atoms with Gasteiger partial charge in [0.15, 0.2) is 18.3 Å². The summed E-state index contributed by atoms with van der Waals surface area (Å²) in [5.74, 6) is 3.84. The molecule has 0 amide bonds. The van der Waals surface area contributed by atoms with Crippen molar-refractivity contribution < 1.29 is 131 Å². The number of aliphatic hydroxyl groups excluding tert-OH is 22. The molecule has 776 valence electrons. The fraction of sp³-hybridized carbons (Fsp3) is 0.947. The minimum atomic E-state index is -1.74. The first-order valence-corrected chi connectivity index (χ1v) is 48.8. The molecule has 2 fully saturated rings. The van der Waals surface area contributed by atoms with Crippen molar-refractivity contribution in [1.29, 1.82) is 0 Å². The van der Waals surface area contributed by atoms with Crippen LogP contribution in [0.15, 0.2) is 12.4 Å². The maximum absolute atomic E-state index is 11.6. The molecule has 0 bridgehead atoms. The highest BCUT2D eigenvalue weighted by atomic mass is 16.7. The summed E-state index contributed by atoms with van der Waals surface area (Å²) >= 11 is 0. The molecule has 0 aliphatic carbocycles. The van der Waals surface area contributed by atoms with E-state index >= 15 is 0 Å². The molecule has 26 N–H and O–H groups in total. The summed E-state index contributed by atoms with van der Waals surface area (Å²) in [6.07, 6.45) is 1.38. The number of nitrogens with zero attached hydrogens (tertiary/aromatic N) is 6. The summed E-state index contributed by atoms with van der Waals surface area (Å²) in [5.41, 5.74) is 1.82. The summed E-state index contributed by atoms with van der Waals surface area (Å²) in [4.78, 5) is 11.6. The Bertz CT molecular complexity index is 2890. The van der Waals surface area contributed by atoms with Crippen LogP contribution >= 0.6 is 0 Å². The van der Waals surface area contributed by atoms with E-state index in [0.717, 1.165) is 119 Å². The molecule has 4 heterocycles. The lowest BCUT2D eigenvalue weighted by atomic mass is 9.92. The number of hydrogen-bond acceptors (Lipinski definition) is 34. The van der Waals surface area contributed by atoms with Gasteiger partial charge in [0.1, 0.15) is 85.5 Å². The van der Waals surface area contributed by atoms with Gasteiger partial charge in [-0.1, -0.05) is 219 Å². The van der Waals surface area contributed by atoms with Crippen molar-refractivity contribution in [3.8, 4) is 0 Å². The molecule has 2 saturated heterocycles. The minimum absolute atomic E-state index is 0.0518. The van der Waals surface area contributed by atoms with Gasteiger partial charge in [-0.25, -0.2) is 9.36 Å². The zero-order valence-electron chi connectivity index (χ0n) is 83.7. The molecular formula is C94H194N10O26. The number of aromatic nitrogens is 6. The number of rotatable bonds is 60. The predicted octanol–water partition coefficient (Wildman–Crippen LogP) is 3.78. The van der Waals surface area contributed by atoms with Gasteiger partial charge < -0.3 is 148 Å².